The highest BCUT2D eigenvalue weighted by atomic mass is 16.6. The predicted octanol–water partition coefficient (Wildman–Crippen LogP) is 0.550. The lowest BCUT2D eigenvalue weighted by Crippen LogP contribution is -2.43. The number of aliphatic carboxylic acids is 1. The van der Waals surface area contributed by atoms with Gasteiger partial charge in [0.25, 0.3) is 6.10 Å². The molecule has 0 aliphatic carbocycles. The number of nitrogens with one attached hydrogen (secondary N) is 1. The molecule has 1 saturated heterocycles. The molecule has 0 spiro atoms. The Morgan fingerprint density at radius 2 is 1.83 bits per heavy atom. The minimum absolute atomic E-state index is 0.208. The van der Waals surface area contributed by atoms with Crippen LogP contribution in [-0.4, -0.2) is 47.9 Å². The molecule has 1 atom stereocenters. The smallest absolute Gasteiger partial charge is 0.347 e. The van der Waals surface area contributed by atoms with Gasteiger partial charge in [0.15, 0.2) is 0 Å². The molecule has 0 aromatic rings. The van der Waals surface area contributed by atoms with E-state index < -0.39 is 23.6 Å². The number of carboxylic acid groups (broad SMARTS) is 1. The molecule has 0 aromatic heterocycles. The quantitative estimate of drug-likeness (QED) is 0.566. The number of carbonyl (C=O) groups is 2. The number of hydrogen-bond acceptors (Lipinski definition) is 5. The van der Waals surface area contributed by atoms with Crippen molar-refractivity contribution in [2.45, 2.75) is 51.4 Å². The first-order valence-electron chi connectivity index (χ1n) is 6.11. The molecule has 0 aromatic carbocycles. The first-order valence-corrected chi connectivity index (χ1v) is 6.11. The van der Waals surface area contributed by atoms with Crippen LogP contribution in [0.3, 0.4) is 0 Å². The minimum Gasteiger partial charge on any atom is -0.479 e. The Balaban J connectivity index is 2.58. The van der Waals surface area contributed by atoms with Crippen molar-refractivity contribution >= 4 is 11.9 Å². The van der Waals surface area contributed by atoms with Crippen molar-refractivity contribution in [2.75, 3.05) is 13.1 Å². The molecule has 1 rings (SSSR count). The fourth-order valence-corrected chi connectivity index (χ4v) is 1.69. The number of esters is 1. The van der Waals surface area contributed by atoms with Crippen molar-refractivity contribution < 1.29 is 24.2 Å². The van der Waals surface area contributed by atoms with E-state index >= 15 is 0 Å². The van der Waals surface area contributed by atoms with E-state index in [2.05, 4.69) is 5.32 Å². The van der Waals surface area contributed by atoms with Crippen LogP contribution < -0.4 is 5.32 Å². The summed E-state index contributed by atoms with van der Waals surface area (Å²) in [4.78, 5) is 22.8. The van der Waals surface area contributed by atoms with Gasteiger partial charge in [-0.1, -0.05) is 0 Å². The van der Waals surface area contributed by atoms with Gasteiger partial charge in [-0.3, -0.25) is 0 Å². The largest absolute Gasteiger partial charge is 0.479 e. The van der Waals surface area contributed by atoms with Crippen LogP contribution in [-0.2, 0) is 19.1 Å². The van der Waals surface area contributed by atoms with Gasteiger partial charge in [0, 0.05) is 0 Å². The van der Waals surface area contributed by atoms with Crippen LogP contribution >= 0.6 is 0 Å². The Morgan fingerprint density at radius 1 is 1.28 bits per heavy atom. The number of hydrogen-bond donors (Lipinski definition) is 2. The number of carbonyl (C=O) groups excluding carboxylic acids is 1. The van der Waals surface area contributed by atoms with Gasteiger partial charge < -0.3 is 19.9 Å². The van der Waals surface area contributed by atoms with Gasteiger partial charge in [0.2, 0.25) is 0 Å². The van der Waals surface area contributed by atoms with Crippen LogP contribution in [0.5, 0.6) is 0 Å². The van der Waals surface area contributed by atoms with Crippen LogP contribution in [0.1, 0.15) is 33.6 Å². The summed E-state index contributed by atoms with van der Waals surface area (Å²) < 4.78 is 10.4. The second-order valence-corrected chi connectivity index (χ2v) is 5.34. The molecule has 0 saturated carbocycles. The molecular weight excluding hydrogens is 238 g/mol. The molecular formula is C12H21NO5. The molecule has 1 heterocycles. The van der Waals surface area contributed by atoms with Gasteiger partial charge in [-0.05, 0) is 46.7 Å². The third-order valence-corrected chi connectivity index (χ3v) is 2.46. The summed E-state index contributed by atoms with van der Waals surface area (Å²) in [5.41, 5.74) is -0.720. The number of piperidine rings is 1. The zero-order valence-corrected chi connectivity index (χ0v) is 11.1. The van der Waals surface area contributed by atoms with Crippen LogP contribution in [0.15, 0.2) is 0 Å². The molecule has 0 radical (unpaired) electrons. The van der Waals surface area contributed by atoms with Crippen LogP contribution in [0.4, 0.5) is 0 Å². The van der Waals surface area contributed by atoms with Crippen molar-refractivity contribution in [2.24, 2.45) is 0 Å². The molecule has 1 aliphatic rings. The normalized spacial score (nSPS) is 19.3. The summed E-state index contributed by atoms with van der Waals surface area (Å²) in [5.74, 6) is -2.14. The Kier molecular flexibility index (Phi) is 5.10. The van der Waals surface area contributed by atoms with E-state index in [0.717, 1.165) is 13.1 Å². The number of rotatable bonds is 4. The maximum absolute atomic E-state index is 11.7. The fraction of sp³-hybridized carbons (Fsp3) is 0.833. The second-order valence-electron chi connectivity index (χ2n) is 5.34. The summed E-state index contributed by atoms with van der Waals surface area (Å²) in [6.07, 6.45) is -0.341. The molecule has 1 aliphatic heterocycles. The molecule has 6 nitrogen and oxygen atoms in total. The molecule has 0 amide bonds. The minimum atomic E-state index is -1.53. The van der Waals surface area contributed by atoms with Crippen LogP contribution in [0, 0.1) is 0 Å². The van der Waals surface area contributed by atoms with Crippen molar-refractivity contribution in [1.82, 2.24) is 5.32 Å². The zero-order valence-electron chi connectivity index (χ0n) is 11.1. The van der Waals surface area contributed by atoms with E-state index in [-0.39, 0.29) is 6.10 Å². The lowest BCUT2D eigenvalue weighted by molar-refractivity contribution is -0.182. The van der Waals surface area contributed by atoms with Gasteiger partial charge in [-0.25, -0.2) is 9.59 Å². The molecule has 0 bridgehead atoms. The van der Waals surface area contributed by atoms with Crippen LogP contribution in [0.25, 0.3) is 0 Å². The Labute approximate surface area is 107 Å². The summed E-state index contributed by atoms with van der Waals surface area (Å²) in [7, 11) is 0. The Morgan fingerprint density at radius 3 is 2.28 bits per heavy atom. The van der Waals surface area contributed by atoms with Gasteiger partial charge in [0.05, 0.1) is 6.10 Å². The molecule has 1 unspecified atom stereocenters. The fourth-order valence-electron chi connectivity index (χ4n) is 1.69. The third-order valence-electron chi connectivity index (χ3n) is 2.46. The molecule has 6 heteroatoms. The summed E-state index contributed by atoms with van der Waals surface area (Å²) in [6.45, 7) is 6.60. The summed E-state index contributed by atoms with van der Waals surface area (Å²) >= 11 is 0. The zero-order chi connectivity index (χ0) is 13.8. The third kappa shape index (κ3) is 5.01. The Bertz CT molecular complexity index is 304. The maximum atomic E-state index is 11.7. The average Bonchev–Trinajstić information content (AvgIpc) is 2.24. The number of ether oxygens (including phenoxy) is 2. The first kappa shape index (κ1) is 14.9. The summed E-state index contributed by atoms with van der Waals surface area (Å²) in [6, 6.07) is 0. The van der Waals surface area contributed by atoms with E-state index in [1.807, 2.05) is 0 Å². The topological polar surface area (TPSA) is 84.9 Å². The van der Waals surface area contributed by atoms with Gasteiger partial charge in [-0.2, -0.15) is 0 Å². The first-order chi connectivity index (χ1) is 8.29. The lowest BCUT2D eigenvalue weighted by atomic mass is 10.1. The van der Waals surface area contributed by atoms with Crippen molar-refractivity contribution in [3.05, 3.63) is 0 Å². The van der Waals surface area contributed by atoms with Crippen molar-refractivity contribution in [3.8, 4) is 0 Å². The van der Waals surface area contributed by atoms with Gasteiger partial charge in [-0.15, -0.1) is 0 Å². The van der Waals surface area contributed by atoms with Gasteiger partial charge >= 0.3 is 11.9 Å². The maximum Gasteiger partial charge on any atom is 0.347 e. The highest BCUT2D eigenvalue weighted by Gasteiger charge is 2.34. The second kappa shape index (κ2) is 6.15. The molecule has 2 N–H and O–H groups in total. The molecule has 104 valence electrons. The SMILES string of the molecule is CC(C)(C)OC(=O)C(OC1CCNCC1)C(=O)O. The standard InChI is InChI=1S/C12H21NO5/c1-12(2,3)18-11(16)9(10(14)15)17-8-4-6-13-7-5-8/h8-9,13H,4-7H2,1-3H3,(H,14,15). The van der Waals surface area contributed by atoms with E-state index in [4.69, 9.17) is 14.6 Å². The molecule has 1 fully saturated rings. The van der Waals surface area contributed by atoms with E-state index in [9.17, 15) is 9.59 Å². The Hall–Kier alpha value is -1.14. The van der Waals surface area contributed by atoms with E-state index in [1.54, 1.807) is 20.8 Å². The van der Waals surface area contributed by atoms with Crippen molar-refractivity contribution in [3.63, 3.8) is 0 Å². The van der Waals surface area contributed by atoms with Crippen LogP contribution in [0.2, 0.25) is 0 Å². The average molecular weight is 259 g/mol. The highest BCUT2D eigenvalue weighted by molar-refractivity contribution is 5.97. The van der Waals surface area contributed by atoms with Gasteiger partial charge in [0.1, 0.15) is 5.60 Å². The van der Waals surface area contributed by atoms with Crippen molar-refractivity contribution in [1.29, 1.82) is 0 Å². The van der Waals surface area contributed by atoms with E-state index in [1.165, 1.54) is 0 Å². The lowest BCUT2D eigenvalue weighted by Gasteiger charge is -2.27. The summed E-state index contributed by atoms with van der Waals surface area (Å²) in [5, 5.41) is 12.2. The van der Waals surface area contributed by atoms with E-state index in [0.29, 0.717) is 12.8 Å². The molecule has 18 heavy (non-hydrogen) atoms. The monoisotopic (exact) mass is 259 g/mol. The highest BCUT2D eigenvalue weighted by Crippen LogP contribution is 2.14. The predicted molar refractivity (Wildman–Crippen MR) is 64.2 cm³/mol. The number of carboxylic acids is 1.